The van der Waals surface area contributed by atoms with Crippen molar-refractivity contribution in [3.63, 3.8) is 0 Å². The van der Waals surface area contributed by atoms with Crippen molar-refractivity contribution in [1.82, 2.24) is 15.2 Å². The third-order valence-electron chi connectivity index (χ3n) is 4.69. The number of aromatic nitrogens is 1. The predicted molar refractivity (Wildman–Crippen MR) is 97.8 cm³/mol. The van der Waals surface area contributed by atoms with Crippen LogP contribution < -0.4 is 19.7 Å². The van der Waals surface area contributed by atoms with E-state index < -0.39 is 0 Å². The van der Waals surface area contributed by atoms with Gasteiger partial charge in [-0.25, -0.2) is 4.98 Å². The quantitative estimate of drug-likeness (QED) is 0.794. The Morgan fingerprint density at radius 3 is 2.74 bits per heavy atom. The molecule has 0 bridgehead atoms. The first-order valence-electron chi connectivity index (χ1n) is 8.80. The van der Waals surface area contributed by atoms with E-state index in [1.165, 1.54) is 0 Å². The van der Waals surface area contributed by atoms with Crippen LogP contribution in [-0.4, -0.2) is 55.2 Å². The second-order valence-electron chi connectivity index (χ2n) is 6.40. The molecule has 3 heterocycles. The maximum Gasteiger partial charge on any atom is 0.251 e. The Hall–Kier alpha value is -3.29. The van der Waals surface area contributed by atoms with Crippen LogP contribution in [0.2, 0.25) is 0 Å². The number of ether oxygens (including phenoxy) is 2. The number of fused-ring (bicyclic) bond motifs is 1. The molecule has 8 heteroatoms. The van der Waals surface area contributed by atoms with Gasteiger partial charge in [0.15, 0.2) is 11.5 Å². The van der Waals surface area contributed by atoms with Crippen LogP contribution in [0.4, 0.5) is 5.82 Å². The Morgan fingerprint density at radius 1 is 1.11 bits per heavy atom. The highest BCUT2D eigenvalue weighted by atomic mass is 16.7. The normalized spacial score (nSPS) is 15.6. The van der Waals surface area contributed by atoms with Crippen LogP contribution in [-0.2, 0) is 11.3 Å². The summed E-state index contributed by atoms with van der Waals surface area (Å²) in [5.74, 6) is 2.00. The van der Waals surface area contributed by atoms with Gasteiger partial charge in [0, 0.05) is 44.5 Å². The Morgan fingerprint density at radius 2 is 1.93 bits per heavy atom. The lowest BCUT2D eigenvalue weighted by Crippen LogP contribution is -2.46. The first kappa shape index (κ1) is 17.1. The molecule has 0 spiro atoms. The highest BCUT2D eigenvalue weighted by Crippen LogP contribution is 2.32. The zero-order valence-electron chi connectivity index (χ0n) is 14.8. The SMILES string of the molecule is O=CN1CCN(c2cc(C(=O)NCc3ccc4c(c3)OCO4)ccn2)CC1. The van der Waals surface area contributed by atoms with E-state index in [2.05, 4.69) is 15.2 Å². The van der Waals surface area contributed by atoms with Crippen molar-refractivity contribution in [2.24, 2.45) is 0 Å². The van der Waals surface area contributed by atoms with Crippen LogP contribution in [0.15, 0.2) is 36.5 Å². The van der Waals surface area contributed by atoms with Gasteiger partial charge < -0.3 is 24.6 Å². The number of pyridine rings is 1. The molecule has 0 saturated carbocycles. The smallest absolute Gasteiger partial charge is 0.251 e. The summed E-state index contributed by atoms with van der Waals surface area (Å²) in [4.78, 5) is 31.5. The molecule has 2 aromatic rings. The maximum absolute atomic E-state index is 12.5. The number of rotatable bonds is 5. The van der Waals surface area contributed by atoms with Crippen LogP contribution in [0.1, 0.15) is 15.9 Å². The van der Waals surface area contributed by atoms with E-state index in [4.69, 9.17) is 9.47 Å². The second kappa shape index (κ2) is 7.53. The summed E-state index contributed by atoms with van der Waals surface area (Å²) in [5, 5.41) is 2.92. The molecule has 1 N–H and O–H groups in total. The number of amides is 2. The summed E-state index contributed by atoms with van der Waals surface area (Å²) in [7, 11) is 0. The van der Waals surface area contributed by atoms with Crippen molar-refractivity contribution in [3.05, 3.63) is 47.7 Å². The number of benzene rings is 1. The molecule has 8 nitrogen and oxygen atoms in total. The zero-order chi connectivity index (χ0) is 18.6. The van der Waals surface area contributed by atoms with E-state index in [1.807, 2.05) is 18.2 Å². The van der Waals surface area contributed by atoms with Gasteiger partial charge in [-0.3, -0.25) is 9.59 Å². The van der Waals surface area contributed by atoms with Crippen molar-refractivity contribution in [2.75, 3.05) is 37.9 Å². The fourth-order valence-electron chi connectivity index (χ4n) is 3.12. The Bertz CT molecular complexity index is 849. The van der Waals surface area contributed by atoms with Crippen molar-refractivity contribution in [1.29, 1.82) is 0 Å². The minimum Gasteiger partial charge on any atom is -0.454 e. The monoisotopic (exact) mass is 368 g/mol. The summed E-state index contributed by atoms with van der Waals surface area (Å²) >= 11 is 0. The van der Waals surface area contributed by atoms with Crippen LogP contribution >= 0.6 is 0 Å². The largest absolute Gasteiger partial charge is 0.454 e. The number of anilines is 1. The summed E-state index contributed by atoms with van der Waals surface area (Å²) in [5.41, 5.74) is 1.49. The number of carbonyl (C=O) groups is 2. The minimum atomic E-state index is -0.164. The Labute approximate surface area is 156 Å². The molecule has 0 atom stereocenters. The van der Waals surface area contributed by atoms with Gasteiger partial charge in [0.2, 0.25) is 13.2 Å². The van der Waals surface area contributed by atoms with Gasteiger partial charge in [0.1, 0.15) is 5.82 Å². The molecule has 140 valence electrons. The molecular formula is C19H20N4O4. The summed E-state index contributed by atoms with van der Waals surface area (Å²) < 4.78 is 10.6. The molecule has 0 unspecified atom stereocenters. The van der Waals surface area contributed by atoms with Crippen LogP contribution in [0.5, 0.6) is 11.5 Å². The van der Waals surface area contributed by atoms with Crippen LogP contribution in [0, 0.1) is 0 Å². The third kappa shape index (κ3) is 3.79. The molecule has 0 aliphatic carbocycles. The summed E-state index contributed by atoms with van der Waals surface area (Å²) in [6, 6.07) is 9.09. The van der Waals surface area contributed by atoms with E-state index in [-0.39, 0.29) is 12.7 Å². The number of nitrogens with zero attached hydrogens (tertiary/aromatic N) is 3. The summed E-state index contributed by atoms with van der Waals surface area (Å²) in [6.45, 7) is 3.34. The minimum absolute atomic E-state index is 0.164. The van der Waals surface area contributed by atoms with E-state index in [9.17, 15) is 9.59 Å². The predicted octanol–water partition coefficient (Wildman–Crippen LogP) is 1.02. The lowest BCUT2D eigenvalue weighted by Gasteiger charge is -2.33. The van der Waals surface area contributed by atoms with Crippen molar-refractivity contribution < 1.29 is 19.1 Å². The zero-order valence-corrected chi connectivity index (χ0v) is 14.8. The number of piperazine rings is 1. The number of carbonyl (C=O) groups excluding carboxylic acids is 2. The van der Waals surface area contributed by atoms with Gasteiger partial charge in [-0.1, -0.05) is 6.07 Å². The third-order valence-corrected chi connectivity index (χ3v) is 4.69. The van der Waals surface area contributed by atoms with E-state index in [1.54, 1.807) is 23.2 Å². The van der Waals surface area contributed by atoms with Crippen molar-refractivity contribution >= 4 is 18.1 Å². The van der Waals surface area contributed by atoms with Gasteiger partial charge in [-0.15, -0.1) is 0 Å². The van der Waals surface area contributed by atoms with Gasteiger partial charge in [-0.05, 0) is 29.8 Å². The number of hydrogen-bond acceptors (Lipinski definition) is 6. The van der Waals surface area contributed by atoms with Gasteiger partial charge >= 0.3 is 0 Å². The first-order chi connectivity index (χ1) is 13.2. The molecule has 2 aliphatic heterocycles. The van der Waals surface area contributed by atoms with Crippen LogP contribution in [0.25, 0.3) is 0 Å². The average molecular weight is 368 g/mol. The lowest BCUT2D eigenvalue weighted by molar-refractivity contribution is -0.118. The van der Waals surface area contributed by atoms with Crippen molar-refractivity contribution in [3.8, 4) is 11.5 Å². The standard InChI is InChI=1S/C19H20N4O4/c24-12-22-5-7-23(8-6-22)18-10-15(3-4-20-18)19(25)21-11-14-1-2-16-17(9-14)27-13-26-16/h1-4,9-10,12H,5-8,11,13H2,(H,21,25). The fourth-order valence-corrected chi connectivity index (χ4v) is 3.12. The molecule has 1 aromatic carbocycles. The van der Waals surface area contributed by atoms with Gasteiger partial charge in [-0.2, -0.15) is 0 Å². The molecular weight excluding hydrogens is 348 g/mol. The molecule has 1 aromatic heterocycles. The first-order valence-corrected chi connectivity index (χ1v) is 8.80. The highest BCUT2D eigenvalue weighted by Gasteiger charge is 2.18. The Balaban J connectivity index is 1.38. The van der Waals surface area contributed by atoms with Crippen molar-refractivity contribution in [2.45, 2.75) is 6.54 Å². The second-order valence-corrected chi connectivity index (χ2v) is 6.40. The topological polar surface area (TPSA) is 84.0 Å². The Kier molecular flexibility index (Phi) is 4.78. The fraction of sp³-hybridized carbons (Fsp3) is 0.316. The average Bonchev–Trinajstić information content (AvgIpc) is 3.20. The molecule has 1 saturated heterocycles. The molecule has 27 heavy (non-hydrogen) atoms. The van der Waals surface area contributed by atoms with Crippen LogP contribution in [0.3, 0.4) is 0 Å². The molecule has 2 aliphatic rings. The highest BCUT2D eigenvalue weighted by molar-refractivity contribution is 5.94. The van der Waals surface area contributed by atoms with E-state index in [0.29, 0.717) is 44.0 Å². The lowest BCUT2D eigenvalue weighted by atomic mass is 10.2. The number of hydrogen-bond donors (Lipinski definition) is 1. The summed E-state index contributed by atoms with van der Waals surface area (Å²) in [6.07, 6.45) is 2.50. The maximum atomic E-state index is 12.5. The molecule has 0 radical (unpaired) electrons. The number of nitrogens with one attached hydrogen (secondary N) is 1. The van der Waals surface area contributed by atoms with E-state index in [0.717, 1.165) is 23.5 Å². The molecule has 1 fully saturated rings. The molecule has 4 rings (SSSR count). The van der Waals surface area contributed by atoms with E-state index >= 15 is 0 Å². The van der Waals surface area contributed by atoms with Gasteiger partial charge in [0.25, 0.3) is 5.91 Å². The van der Waals surface area contributed by atoms with Gasteiger partial charge in [0.05, 0.1) is 0 Å². The molecule has 2 amide bonds.